The van der Waals surface area contributed by atoms with Gasteiger partial charge in [-0.2, -0.15) is 0 Å². The highest BCUT2D eigenvalue weighted by Crippen LogP contribution is 2.31. The highest BCUT2D eigenvalue weighted by atomic mass is 79.9. The van der Waals surface area contributed by atoms with E-state index in [1.807, 2.05) is 12.1 Å². The fraction of sp³-hybridized carbons (Fsp3) is 0.300. The van der Waals surface area contributed by atoms with Crippen LogP contribution in [0.3, 0.4) is 0 Å². The van der Waals surface area contributed by atoms with Crippen molar-refractivity contribution in [3.05, 3.63) is 27.7 Å². The molecule has 0 amide bonds. The number of benzene rings is 1. The number of hydrogen-bond acceptors (Lipinski definition) is 3. The van der Waals surface area contributed by atoms with Gasteiger partial charge in [0.2, 0.25) is 0 Å². The summed E-state index contributed by atoms with van der Waals surface area (Å²) in [6, 6.07) is 3.84. The number of esters is 1. The van der Waals surface area contributed by atoms with E-state index in [1.165, 1.54) is 7.11 Å². The summed E-state index contributed by atoms with van der Waals surface area (Å²) in [7, 11) is 1.40. The number of nitrogens with one attached hydrogen (secondary N) is 1. The molecule has 3 nitrogen and oxygen atoms in total. The fourth-order valence-corrected chi connectivity index (χ4v) is 2.22. The van der Waals surface area contributed by atoms with Gasteiger partial charge in [0.05, 0.1) is 12.7 Å². The molecule has 2 rings (SSSR count). The average Bonchev–Trinajstić information content (AvgIpc) is 2.64. The van der Waals surface area contributed by atoms with Crippen LogP contribution < -0.4 is 5.32 Å². The molecule has 0 fully saturated rings. The molecule has 0 spiro atoms. The van der Waals surface area contributed by atoms with E-state index < -0.39 is 0 Å². The maximum atomic E-state index is 11.5. The maximum absolute atomic E-state index is 11.5. The first-order chi connectivity index (χ1) is 6.74. The Bertz CT molecular complexity index is 390. The van der Waals surface area contributed by atoms with Crippen LogP contribution in [0.15, 0.2) is 16.6 Å². The fourth-order valence-electron chi connectivity index (χ4n) is 1.69. The Morgan fingerprint density at radius 3 is 3.07 bits per heavy atom. The molecule has 1 aliphatic heterocycles. The summed E-state index contributed by atoms with van der Waals surface area (Å²) in [6.07, 6.45) is 0.874. The Balaban J connectivity index is 2.57. The zero-order valence-electron chi connectivity index (χ0n) is 7.76. The second-order valence-corrected chi connectivity index (χ2v) is 3.97. The van der Waals surface area contributed by atoms with Crippen LogP contribution in [0.25, 0.3) is 0 Å². The summed E-state index contributed by atoms with van der Waals surface area (Å²) in [6.45, 7) is 0.885. The van der Waals surface area contributed by atoms with Gasteiger partial charge in [0.15, 0.2) is 0 Å². The summed E-state index contributed by atoms with van der Waals surface area (Å²) in [5, 5.41) is 3.22. The summed E-state index contributed by atoms with van der Waals surface area (Å²) < 4.78 is 5.54. The first-order valence-electron chi connectivity index (χ1n) is 4.37. The number of carbonyl (C=O) groups is 1. The summed E-state index contributed by atoms with van der Waals surface area (Å²) in [5.74, 6) is -0.280. The van der Waals surface area contributed by atoms with Crippen LogP contribution in [0.1, 0.15) is 15.9 Å². The molecule has 14 heavy (non-hydrogen) atoms. The van der Waals surface area contributed by atoms with E-state index in [4.69, 9.17) is 4.74 Å². The lowest BCUT2D eigenvalue weighted by Crippen LogP contribution is -2.05. The van der Waals surface area contributed by atoms with E-state index in [1.54, 1.807) is 0 Å². The lowest BCUT2D eigenvalue weighted by molar-refractivity contribution is 0.0598. The van der Waals surface area contributed by atoms with Crippen LogP contribution in [-0.2, 0) is 11.2 Å². The van der Waals surface area contributed by atoms with Crippen molar-refractivity contribution < 1.29 is 9.53 Å². The molecule has 1 aliphatic rings. The van der Waals surface area contributed by atoms with Gasteiger partial charge in [0.1, 0.15) is 0 Å². The molecule has 1 N–H and O–H groups in total. The third kappa shape index (κ3) is 1.39. The predicted octanol–water partition coefficient (Wildman–Crippen LogP) is 2.20. The minimum absolute atomic E-state index is 0.280. The topological polar surface area (TPSA) is 38.3 Å². The Morgan fingerprint density at radius 2 is 2.36 bits per heavy atom. The maximum Gasteiger partial charge on any atom is 0.339 e. The second kappa shape index (κ2) is 3.61. The second-order valence-electron chi connectivity index (χ2n) is 3.12. The van der Waals surface area contributed by atoms with E-state index in [0.29, 0.717) is 5.56 Å². The van der Waals surface area contributed by atoms with Gasteiger partial charge in [-0.15, -0.1) is 0 Å². The van der Waals surface area contributed by atoms with Crippen LogP contribution in [0.5, 0.6) is 0 Å². The Kier molecular flexibility index (Phi) is 2.46. The number of halogens is 1. The standard InChI is InChI=1S/C10H10BrNO2/c1-14-10(13)9-6-4-5-12-8(6)3-2-7(9)11/h2-3,12H,4-5H2,1H3. The first-order valence-corrected chi connectivity index (χ1v) is 5.17. The number of carbonyl (C=O) groups excluding carboxylic acids is 1. The van der Waals surface area contributed by atoms with Crippen LogP contribution >= 0.6 is 15.9 Å². The van der Waals surface area contributed by atoms with Crippen molar-refractivity contribution in [2.75, 3.05) is 19.0 Å². The van der Waals surface area contributed by atoms with Crippen molar-refractivity contribution in [2.24, 2.45) is 0 Å². The average molecular weight is 256 g/mol. The normalized spacial score (nSPS) is 13.3. The van der Waals surface area contributed by atoms with Crippen molar-refractivity contribution >= 4 is 27.6 Å². The van der Waals surface area contributed by atoms with E-state index in [9.17, 15) is 4.79 Å². The van der Waals surface area contributed by atoms with Crippen molar-refractivity contribution in [1.82, 2.24) is 0 Å². The molecule has 0 aliphatic carbocycles. The largest absolute Gasteiger partial charge is 0.465 e. The molecular weight excluding hydrogens is 246 g/mol. The van der Waals surface area contributed by atoms with Crippen molar-refractivity contribution in [1.29, 1.82) is 0 Å². The summed E-state index contributed by atoms with van der Waals surface area (Å²) >= 11 is 3.36. The van der Waals surface area contributed by atoms with Gasteiger partial charge in [0.25, 0.3) is 0 Å². The van der Waals surface area contributed by atoms with Gasteiger partial charge in [-0.05, 0) is 40.0 Å². The molecule has 4 heteroatoms. The molecule has 0 unspecified atom stereocenters. The molecule has 0 radical (unpaired) electrons. The molecule has 1 aromatic carbocycles. The lowest BCUT2D eigenvalue weighted by Gasteiger charge is -2.07. The zero-order valence-corrected chi connectivity index (χ0v) is 9.35. The molecule has 1 aromatic rings. The Labute approximate surface area is 90.6 Å². The molecule has 1 heterocycles. The number of methoxy groups -OCH3 is 1. The minimum Gasteiger partial charge on any atom is -0.465 e. The SMILES string of the molecule is COC(=O)c1c(Br)ccc2c1CCN2. The third-order valence-electron chi connectivity index (χ3n) is 2.34. The van der Waals surface area contributed by atoms with Gasteiger partial charge < -0.3 is 10.1 Å². The Hall–Kier alpha value is -1.03. The van der Waals surface area contributed by atoms with E-state index in [0.717, 1.165) is 28.7 Å². The van der Waals surface area contributed by atoms with E-state index in [2.05, 4.69) is 21.2 Å². The van der Waals surface area contributed by atoms with E-state index >= 15 is 0 Å². The first kappa shape index (κ1) is 9.52. The summed E-state index contributed by atoms with van der Waals surface area (Å²) in [4.78, 5) is 11.5. The highest BCUT2D eigenvalue weighted by Gasteiger charge is 2.21. The van der Waals surface area contributed by atoms with Crippen LogP contribution in [-0.4, -0.2) is 19.6 Å². The number of fused-ring (bicyclic) bond motifs is 1. The molecule has 74 valence electrons. The van der Waals surface area contributed by atoms with Crippen molar-refractivity contribution in [2.45, 2.75) is 6.42 Å². The Morgan fingerprint density at radius 1 is 1.57 bits per heavy atom. The highest BCUT2D eigenvalue weighted by molar-refractivity contribution is 9.10. The van der Waals surface area contributed by atoms with Crippen LogP contribution in [0.4, 0.5) is 5.69 Å². The number of hydrogen-bond donors (Lipinski definition) is 1. The van der Waals surface area contributed by atoms with Gasteiger partial charge in [-0.1, -0.05) is 0 Å². The molecular formula is C10H10BrNO2. The lowest BCUT2D eigenvalue weighted by atomic mass is 10.1. The molecule has 0 saturated carbocycles. The predicted molar refractivity (Wildman–Crippen MR) is 57.7 cm³/mol. The smallest absolute Gasteiger partial charge is 0.339 e. The van der Waals surface area contributed by atoms with Gasteiger partial charge in [0, 0.05) is 16.7 Å². The monoisotopic (exact) mass is 255 g/mol. The third-order valence-corrected chi connectivity index (χ3v) is 3.00. The molecule has 0 atom stereocenters. The summed E-state index contributed by atoms with van der Waals surface area (Å²) in [5.41, 5.74) is 2.73. The number of anilines is 1. The van der Waals surface area contributed by atoms with E-state index in [-0.39, 0.29) is 5.97 Å². The van der Waals surface area contributed by atoms with Crippen LogP contribution in [0, 0.1) is 0 Å². The van der Waals surface area contributed by atoms with Gasteiger partial charge in [-0.25, -0.2) is 4.79 Å². The number of ether oxygens (including phenoxy) is 1. The molecule has 0 saturated heterocycles. The van der Waals surface area contributed by atoms with Crippen molar-refractivity contribution in [3.63, 3.8) is 0 Å². The molecule has 0 aromatic heterocycles. The minimum atomic E-state index is -0.280. The van der Waals surface area contributed by atoms with Crippen LogP contribution in [0.2, 0.25) is 0 Å². The zero-order chi connectivity index (χ0) is 10.1. The van der Waals surface area contributed by atoms with Gasteiger partial charge >= 0.3 is 5.97 Å². The molecule has 0 bridgehead atoms. The van der Waals surface area contributed by atoms with Gasteiger partial charge in [-0.3, -0.25) is 0 Å². The van der Waals surface area contributed by atoms with Crippen molar-refractivity contribution in [3.8, 4) is 0 Å². The quantitative estimate of drug-likeness (QED) is 0.783. The number of rotatable bonds is 1.